The molecule has 2 aromatic carbocycles. The van der Waals surface area contributed by atoms with Gasteiger partial charge in [-0.15, -0.1) is 0 Å². The van der Waals surface area contributed by atoms with Crippen molar-refractivity contribution < 1.29 is 19.9 Å². The van der Waals surface area contributed by atoms with E-state index in [0.29, 0.717) is 36.2 Å². The summed E-state index contributed by atoms with van der Waals surface area (Å²) in [5.74, 6) is -2.19. The minimum absolute atomic E-state index is 0.114. The average Bonchev–Trinajstić information content (AvgIpc) is 2.70. The number of carbonyl (C=O) groups is 1. The van der Waals surface area contributed by atoms with Crippen molar-refractivity contribution >= 4 is 40.5 Å². The Kier molecular flexibility index (Phi) is 6.31. The maximum absolute atomic E-state index is 12.3. The summed E-state index contributed by atoms with van der Waals surface area (Å²) in [5.41, 5.74) is 0.00763. The maximum atomic E-state index is 12.3. The van der Waals surface area contributed by atoms with Gasteiger partial charge in [-0.3, -0.25) is 19.8 Å². The highest BCUT2D eigenvalue weighted by atomic mass is 35.5. The molecule has 0 aromatic heterocycles. The van der Waals surface area contributed by atoms with Gasteiger partial charge in [-0.1, -0.05) is 29.3 Å². The highest BCUT2D eigenvalue weighted by molar-refractivity contribution is 6.43. The largest absolute Gasteiger partial charge is 0.504 e. The highest BCUT2D eigenvalue weighted by Crippen LogP contribution is 2.36. The van der Waals surface area contributed by atoms with Crippen LogP contribution in [0.2, 0.25) is 10.0 Å². The maximum Gasteiger partial charge on any atom is 0.315 e. The zero-order valence-corrected chi connectivity index (χ0v) is 16.7. The number of piperazine rings is 1. The Hall–Kier alpha value is -2.75. The Balaban J connectivity index is 1.57. The Labute approximate surface area is 176 Å². The van der Waals surface area contributed by atoms with E-state index in [4.69, 9.17) is 23.2 Å². The van der Waals surface area contributed by atoms with Crippen LogP contribution in [0.25, 0.3) is 0 Å². The van der Waals surface area contributed by atoms with Crippen molar-refractivity contribution in [1.29, 1.82) is 0 Å². The Morgan fingerprint density at radius 1 is 1.17 bits per heavy atom. The highest BCUT2D eigenvalue weighted by Gasteiger charge is 2.23. The zero-order valence-electron chi connectivity index (χ0n) is 15.1. The number of benzene rings is 2. The van der Waals surface area contributed by atoms with Crippen molar-refractivity contribution in [1.82, 2.24) is 10.2 Å². The van der Waals surface area contributed by atoms with E-state index in [2.05, 4.69) is 10.2 Å². The molecule has 1 aliphatic rings. The number of anilines is 1. The SMILES string of the molecule is O=C(NCN1CCN(c2cccc(Cl)c2Cl)CC1)c1cc(O)c(O)c([N+](=O)[O-])c1. The van der Waals surface area contributed by atoms with E-state index in [1.165, 1.54) is 0 Å². The second-order valence-electron chi connectivity index (χ2n) is 6.46. The van der Waals surface area contributed by atoms with Crippen molar-refractivity contribution in [2.45, 2.75) is 0 Å². The minimum Gasteiger partial charge on any atom is -0.504 e. The van der Waals surface area contributed by atoms with Crippen molar-refractivity contribution in [3.05, 3.63) is 56.1 Å². The van der Waals surface area contributed by atoms with Gasteiger partial charge in [0.15, 0.2) is 5.75 Å². The van der Waals surface area contributed by atoms with Gasteiger partial charge in [0.2, 0.25) is 5.75 Å². The molecule has 3 rings (SSSR count). The predicted molar refractivity (Wildman–Crippen MR) is 109 cm³/mol. The first kappa shape index (κ1) is 21.0. The molecule has 1 amide bonds. The monoisotopic (exact) mass is 440 g/mol. The van der Waals surface area contributed by atoms with E-state index in [1.54, 1.807) is 6.07 Å². The van der Waals surface area contributed by atoms with Crippen molar-refractivity contribution in [2.24, 2.45) is 0 Å². The van der Waals surface area contributed by atoms with Gasteiger partial charge >= 0.3 is 5.69 Å². The summed E-state index contributed by atoms with van der Waals surface area (Å²) in [6.07, 6.45) is 0. The number of rotatable bonds is 5. The van der Waals surface area contributed by atoms with Gasteiger partial charge in [-0.25, -0.2) is 0 Å². The molecular weight excluding hydrogens is 423 g/mol. The first-order chi connectivity index (χ1) is 13.8. The molecule has 0 unspecified atom stereocenters. The normalized spacial score (nSPS) is 14.6. The number of phenolic OH excluding ortho intramolecular Hbond substituents is 2. The van der Waals surface area contributed by atoms with Gasteiger partial charge in [0.25, 0.3) is 5.91 Å². The van der Waals surface area contributed by atoms with Crippen LogP contribution in [0.3, 0.4) is 0 Å². The number of hydrogen-bond acceptors (Lipinski definition) is 7. The number of nitrogens with one attached hydrogen (secondary N) is 1. The number of phenols is 2. The molecule has 154 valence electrons. The van der Waals surface area contributed by atoms with Crippen LogP contribution in [0.5, 0.6) is 11.5 Å². The lowest BCUT2D eigenvalue weighted by Crippen LogP contribution is -2.50. The van der Waals surface area contributed by atoms with E-state index in [0.717, 1.165) is 17.8 Å². The Bertz CT molecular complexity index is 948. The van der Waals surface area contributed by atoms with Gasteiger partial charge in [0.1, 0.15) is 0 Å². The Morgan fingerprint density at radius 3 is 2.52 bits per heavy atom. The molecule has 1 fully saturated rings. The number of nitrogens with zero attached hydrogens (tertiary/aromatic N) is 3. The van der Waals surface area contributed by atoms with Gasteiger partial charge in [-0.05, 0) is 18.2 Å². The molecule has 0 atom stereocenters. The first-order valence-electron chi connectivity index (χ1n) is 8.68. The molecule has 11 heteroatoms. The van der Waals surface area contributed by atoms with E-state index in [9.17, 15) is 25.1 Å². The number of carbonyl (C=O) groups excluding carboxylic acids is 1. The van der Waals surface area contributed by atoms with Gasteiger partial charge < -0.3 is 20.4 Å². The number of hydrogen-bond donors (Lipinski definition) is 3. The van der Waals surface area contributed by atoms with E-state index >= 15 is 0 Å². The molecule has 29 heavy (non-hydrogen) atoms. The lowest BCUT2D eigenvalue weighted by molar-refractivity contribution is -0.386. The quantitative estimate of drug-likeness (QED) is 0.371. The second kappa shape index (κ2) is 8.73. The average molecular weight is 441 g/mol. The third-order valence-corrected chi connectivity index (χ3v) is 5.44. The van der Waals surface area contributed by atoms with Crippen molar-refractivity contribution in [3.8, 4) is 11.5 Å². The van der Waals surface area contributed by atoms with Gasteiger partial charge in [-0.2, -0.15) is 0 Å². The van der Waals surface area contributed by atoms with Crippen LogP contribution in [-0.4, -0.2) is 58.8 Å². The van der Waals surface area contributed by atoms with Gasteiger partial charge in [0, 0.05) is 32.2 Å². The number of nitro groups is 1. The van der Waals surface area contributed by atoms with E-state index in [-0.39, 0.29) is 12.2 Å². The molecule has 0 saturated carbocycles. The van der Waals surface area contributed by atoms with Crippen LogP contribution in [-0.2, 0) is 0 Å². The first-order valence-corrected chi connectivity index (χ1v) is 9.43. The molecule has 0 aliphatic carbocycles. The van der Waals surface area contributed by atoms with Crippen LogP contribution in [0, 0.1) is 10.1 Å². The summed E-state index contributed by atoms with van der Waals surface area (Å²) < 4.78 is 0. The topological polar surface area (TPSA) is 119 Å². The number of aromatic hydroxyl groups is 2. The third kappa shape index (κ3) is 4.64. The summed E-state index contributed by atoms with van der Waals surface area (Å²) >= 11 is 12.3. The number of halogens is 2. The summed E-state index contributed by atoms with van der Waals surface area (Å²) in [5, 5.41) is 33.7. The summed E-state index contributed by atoms with van der Waals surface area (Å²) in [7, 11) is 0. The van der Waals surface area contributed by atoms with Crippen LogP contribution in [0.15, 0.2) is 30.3 Å². The minimum atomic E-state index is -0.873. The van der Waals surface area contributed by atoms with Crippen LogP contribution in [0.4, 0.5) is 11.4 Å². The molecule has 9 nitrogen and oxygen atoms in total. The molecule has 0 bridgehead atoms. The van der Waals surface area contributed by atoms with E-state index < -0.39 is 28.0 Å². The lowest BCUT2D eigenvalue weighted by Gasteiger charge is -2.36. The van der Waals surface area contributed by atoms with E-state index in [1.807, 2.05) is 17.0 Å². The summed E-state index contributed by atoms with van der Waals surface area (Å²) in [6, 6.07) is 7.36. The standard InChI is InChI=1S/C18H18Cl2N4O5/c19-12-2-1-3-13(16(12)20)23-6-4-22(5-7-23)10-21-18(27)11-8-14(24(28)29)17(26)15(25)9-11/h1-3,8-9,25-26H,4-7,10H2,(H,21,27). The van der Waals surface area contributed by atoms with Crippen molar-refractivity contribution in [2.75, 3.05) is 37.7 Å². The van der Waals surface area contributed by atoms with Gasteiger partial charge in [0.05, 0.1) is 32.9 Å². The second-order valence-corrected chi connectivity index (χ2v) is 7.25. The predicted octanol–water partition coefficient (Wildman–Crippen LogP) is 2.82. The summed E-state index contributed by atoms with van der Waals surface area (Å²) in [4.78, 5) is 26.5. The van der Waals surface area contributed by atoms with Crippen molar-refractivity contribution in [3.63, 3.8) is 0 Å². The van der Waals surface area contributed by atoms with Crippen LogP contribution >= 0.6 is 23.2 Å². The molecule has 1 aliphatic heterocycles. The number of nitro benzene ring substituents is 1. The molecule has 2 aromatic rings. The zero-order chi connectivity index (χ0) is 21.1. The van der Waals surface area contributed by atoms with Crippen LogP contribution in [0.1, 0.15) is 10.4 Å². The fraction of sp³-hybridized carbons (Fsp3) is 0.278. The number of amides is 1. The summed E-state index contributed by atoms with van der Waals surface area (Å²) in [6.45, 7) is 2.91. The lowest BCUT2D eigenvalue weighted by atomic mass is 10.1. The Morgan fingerprint density at radius 2 is 1.86 bits per heavy atom. The fourth-order valence-electron chi connectivity index (χ4n) is 3.04. The molecule has 1 heterocycles. The molecule has 1 saturated heterocycles. The third-order valence-electron chi connectivity index (χ3n) is 4.64. The fourth-order valence-corrected chi connectivity index (χ4v) is 3.46. The van der Waals surface area contributed by atoms with Crippen LogP contribution < -0.4 is 10.2 Å². The molecule has 0 spiro atoms. The molecule has 3 N–H and O–H groups in total. The molecular formula is C18H18Cl2N4O5. The molecule has 0 radical (unpaired) electrons. The smallest absolute Gasteiger partial charge is 0.315 e.